The van der Waals surface area contributed by atoms with Crippen molar-refractivity contribution < 1.29 is 62.9 Å². The standard InChI is InChI=1S/C30H48O13/c1-20(32)41-28-21(17-25(34)37-4)7-6-8-24(19-31)42-26(35)18-22(33)10-14-39-15-11-23-12-16-40-27(43-23)9-13-29(2,3)30(28,36)38-5/h9,13,17,22-24,27-28,31,33,36H,6-8,10-12,14-16,18-19H2,1-5H3/b13-9+,21-17+/t22-,23-,24-,27+,28+,30-/m1/s1. The molecule has 13 heteroatoms. The number of carbonyl (C=O) groups excluding carboxylic acids is 3. The predicted octanol–water partition coefficient (Wildman–Crippen LogP) is 1.70. The normalized spacial score (nSPS) is 33.7. The molecule has 43 heavy (non-hydrogen) atoms. The topological polar surface area (TPSA) is 177 Å². The van der Waals surface area contributed by atoms with Gasteiger partial charge in [0.25, 0.3) is 0 Å². The molecule has 0 aliphatic carbocycles. The summed E-state index contributed by atoms with van der Waals surface area (Å²) < 4.78 is 38.8. The van der Waals surface area contributed by atoms with Crippen LogP contribution in [-0.2, 0) is 47.5 Å². The molecule has 1 fully saturated rings. The summed E-state index contributed by atoms with van der Waals surface area (Å²) in [5.41, 5.74) is -1.06. The molecule has 0 spiro atoms. The van der Waals surface area contributed by atoms with Crippen molar-refractivity contribution >= 4 is 17.9 Å². The third-order valence-electron chi connectivity index (χ3n) is 7.51. The maximum atomic E-state index is 12.4. The molecule has 0 aromatic heterocycles. The highest BCUT2D eigenvalue weighted by Gasteiger charge is 2.52. The highest BCUT2D eigenvalue weighted by molar-refractivity contribution is 5.83. The van der Waals surface area contributed by atoms with Crippen LogP contribution in [0.3, 0.4) is 0 Å². The van der Waals surface area contributed by atoms with Crippen molar-refractivity contribution in [1.82, 2.24) is 0 Å². The lowest BCUT2D eigenvalue weighted by Gasteiger charge is -2.45. The van der Waals surface area contributed by atoms with Crippen LogP contribution in [-0.4, -0.2) is 110 Å². The molecule has 2 aliphatic rings. The van der Waals surface area contributed by atoms with Crippen LogP contribution in [0, 0.1) is 5.41 Å². The van der Waals surface area contributed by atoms with Gasteiger partial charge in [0.1, 0.15) is 6.10 Å². The average Bonchev–Trinajstić information content (AvgIpc) is 2.96. The molecule has 6 atom stereocenters. The minimum Gasteiger partial charge on any atom is -0.466 e. The largest absolute Gasteiger partial charge is 0.466 e. The van der Waals surface area contributed by atoms with Gasteiger partial charge in [-0.3, -0.25) is 9.59 Å². The van der Waals surface area contributed by atoms with E-state index in [-0.39, 0.29) is 50.4 Å². The lowest BCUT2D eigenvalue weighted by Crippen LogP contribution is -2.57. The van der Waals surface area contributed by atoms with Gasteiger partial charge in [0.05, 0.1) is 39.0 Å². The highest BCUT2D eigenvalue weighted by atomic mass is 16.7. The van der Waals surface area contributed by atoms with E-state index in [1.165, 1.54) is 21.1 Å². The van der Waals surface area contributed by atoms with Gasteiger partial charge >= 0.3 is 17.9 Å². The number of carbonyl (C=O) groups is 3. The fourth-order valence-corrected chi connectivity index (χ4v) is 4.92. The summed E-state index contributed by atoms with van der Waals surface area (Å²) in [6.45, 7) is 5.09. The fourth-order valence-electron chi connectivity index (χ4n) is 4.92. The number of ether oxygens (including phenoxy) is 7. The summed E-state index contributed by atoms with van der Waals surface area (Å²) in [6, 6.07) is 0. The first-order valence-electron chi connectivity index (χ1n) is 14.6. The number of cyclic esters (lactones) is 1. The molecule has 0 unspecified atom stereocenters. The molecule has 2 heterocycles. The van der Waals surface area contributed by atoms with E-state index in [1.54, 1.807) is 26.0 Å². The quantitative estimate of drug-likeness (QED) is 0.137. The Kier molecular flexibility index (Phi) is 15.2. The van der Waals surface area contributed by atoms with Gasteiger partial charge in [-0.25, -0.2) is 4.79 Å². The second-order valence-electron chi connectivity index (χ2n) is 11.2. The zero-order chi connectivity index (χ0) is 32.0. The maximum Gasteiger partial charge on any atom is 0.330 e. The maximum absolute atomic E-state index is 12.4. The van der Waals surface area contributed by atoms with Gasteiger partial charge in [0, 0.05) is 38.7 Å². The summed E-state index contributed by atoms with van der Waals surface area (Å²) >= 11 is 0. The van der Waals surface area contributed by atoms with E-state index in [4.69, 9.17) is 33.2 Å². The molecule has 246 valence electrons. The van der Waals surface area contributed by atoms with Crippen molar-refractivity contribution in [1.29, 1.82) is 0 Å². The first kappa shape index (κ1) is 36.8. The van der Waals surface area contributed by atoms with Gasteiger partial charge in [-0.05, 0) is 50.2 Å². The summed E-state index contributed by atoms with van der Waals surface area (Å²) in [5.74, 6) is -4.35. The van der Waals surface area contributed by atoms with Gasteiger partial charge < -0.3 is 48.5 Å². The Balaban J connectivity index is 2.47. The lowest BCUT2D eigenvalue weighted by atomic mass is 9.76. The molecular weight excluding hydrogens is 568 g/mol. The Morgan fingerprint density at radius 1 is 1.12 bits per heavy atom. The van der Waals surface area contributed by atoms with Crippen LogP contribution in [0.25, 0.3) is 0 Å². The minimum absolute atomic E-state index is 0.0725. The molecule has 0 aromatic rings. The van der Waals surface area contributed by atoms with Crippen LogP contribution in [0.15, 0.2) is 23.8 Å². The van der Waals surface area contributed by atoms with Gasteiger partial charge in [-0.1, -0.05) is 19.9 Å². The van der Waals surface area contributed by atoms with Crippen LogP contribution >= 0.6 is 0 Å². The Morgan fingerprint density at radius 2 is 1.81 bits per heavy atom. The number of fused-ring (bicyclic) bond motifs is 2. The zero-order valence-electron chi connectivity index (χ0n) is 25.8. The number of rotatable bonds is 4. The van der Waals surface area contributed by atoms with E-state index in [9.17, 15) is 29.7 Å². The van der Waals surface area contributed by atoms with Gasteiger partial charge in [-0.15, -0.1) is 0 Å². The van der Waals surface area contributed by atoms with Crippen molar-refractivity contribution in [3.8, 4) is 0 Å². The predicted molar refractivity (Wildman–Crippen MR) is 151 cm³/mol. The van der Waals surface area contributed by atoms with E-state index in [0.717, 1.165) is 6.08 Å². The first-order chi connectivity index (χ1) is 20.3. The van der Waals surface area contributed by atoms with Crippen molar-refractivity contribution in [3.05, 3.63) is 23.8 Å². The third kappa shape index (κ3) is 11.6. The second kappa shape index (κ2) is 17.8. The summed E-state index contributed by atoms with van der Waals surface area (Å²) in [6.07, 6.45) is 1.86. The minimum atomic E-state index is -2.19. The van der Waals surface area contributed by atoms with Crippen molar-refractivity contribution in [2.75, 3.05) is 40.6 Å². The average molecular weight is 617 g/mol. The van der Waals surface area contributed by atoms with Gasteiger partial charge in [-0.2, -0.15) is 0 Å². The van der Waals surface area contributed by atoms with Crippen molar-refractivity contribution in [2.45, 2.75) is 102 Å². The number of hydrogen-bond acceptors (Lipinski definition) is 13. The van der Waals surface area contributed by atoms with E-state index in [2.05, 4.69) is 0 Å². The third-order valence-corrected chi connectivity index (χ3v) is 7.51. The second-order valence-corrected chi connectivity index (χ2v) is 11.2. The molecule has 0 aromatic carbocycles. The van der Waals surface area contributed by atoms with Gasteiger partial charge in [0.2, 0.25) is 5.79 Å². The van der Waals surface area contributed by atoms with Crippen molar-refractivity contribution in [3.63, 3.8) is 0 Å². The summed E-state index contributed by atoms with van der Waals surface area (Å²) in [4.78, 5) is 37.0. The van der Waals surface area contributed by atoms with E-state index in [1.807, 2.05) is 0 Å². The molecular formula is C30H48O13. The molecule has 3 N–H and O–H groups in total. The van der Waals surface area contributed by atoms with E-state index >= 15 is 0 Å². The molecule has 0 radical (unpaired) electrons. The van der Waals surface area contributed by atoms with Gasteiger partial charge in [0.15, 0.2) is 12.4 Å². The zero-order valence-corrected chi connectivity index (χ0v) is 25.8. The van der Waals surface area contributed by atoms with Crippen LogP contribution in [0.4, 0.5) is 0 Å². The van der Waals surface area contributed by atoms with Crippen LogP contribution in [0.2, 0.25) is 0 Å². The van der Waals surface area contributed by atoms with Crippen LogP contribution in [0.5, 0.6) is 0 Å². The molecule has 0 saturated carbocycles. The lowest BCUT2D eigenvalue weighted by molar-refractivity contribution is -0.283. The Bertz CT molecular complexity index is 962. The van der Waals surface area contributed by atoms with Crippen LogP contribution < -0.4 is 0 Å². The summed E-state index contributed by atoms with van der Waals surface area (Å²) in [7, 11) is 2.44. The first-order valence-corrected chi connectivity index (χ1v) is 14.6. The fraction of sp³-hybridized carbons (Fsp3) is 0.767. The Morgan fingerprint density at radius 3 is 2.47 bits per heavy atom. The number of methoxy groups -OCH3 is 2. The molecule has 1 saturated heterocycles. The number of hydrogen-bond donors (Lipinski definition) is 3. The SMILES string of the molecule is COC(=O)/C=C1\CCC[C@H](CO)OC(=O)C[C@H](O)CCOCC[C@@H]2CCO[C@H](/C=C/C(C)(C)[C@](O)(OC)[C@H]1OC(C)=O)O2. The smallest absolute Gasteiger partial charge is 0.330 e. The monoisotopic (exact) mass is 616 g/mol. The Labute approximate surface area is 253 Å². The van der Waals surface area contributed by atoms with E-state index < -0.39 is 60.3 Å². The molecule has 13 nitrogen and oxygen atoms in total. The molecule has 2 bridgehead atoms. The molecule has 2 aliphatic heterocycles. The molecule has 2 rings (SSSR count). The number of aliphatic hydroxyl groups excluding tert-OH is 2. The van der Waals surface area contributed by atoms with Crippen molar-refractivity contribution in [2.24, 2.45) is 5.41 Å². The Hall–Kier alpha value is -2.39. The summed E-state index contributed by atoms with van der Waals surface area (Å²) in [5, 5.41) is 32.0. The van der Waals surface area contributed by atoms with E-state index in [0.29, 0.717) is 26.1 Å². The molecule has 0 amide bonds. The number of aliphatic hydroxyl groups is 3. The number of esters is 3. The highest BCUT2D eigenvalue weighted by Crippen LogP contribution is 2.41. The van der Waals surface area contributed by atoms with Crippen LogP contribution in [0.1, 0.15) is 65.7 Å².